The molecule has 2 rings (SSSR count). The van der Waals surface area contributed by atoms with E-state index in [4.69, 9.17) is 5.11 Å². The monoisotopic (exact) mass is 329 g/mol. The maximum absolute atomic E-state index is 10.9. The molecule has 0 atom stereocenters. The van der Waals surface area contributed by atoms with Crippen LogP contribution in [0.15, 0.2) is 24.5 Å². The molecule has 2 heterocycles. The zero-order chi connectivity index (χ0) is 11.7. The summed E-state index contributed by atoms with van der Waals surface area (Å²) < 4.78 is 2.06. The molecule has 0 aliphatic heterocycles. The summed E-state index contributed by atoms with van der Waals surface area (Å²) >= 11 is 1.95. The molecule has 0 aliphatic rings. The molecule has 0 fully saturated rings. The third-order valence-corrected chi connectivity index (χ3v) is 3.10. The maximum Gasteiger partial charge on any atom is 0.340 e. The van der Waals surface area contributed by atoms with Crippen LogP contribution in [0.4, 0.5) is 0 Å². The Morgan fingerprint density at radius 1 is 1.56 bits per heavy atom. The van der Waals surface area contributed by atoms with Crippen molar-refractivity contribution in [2.45, 2.75) is 6.92 Å². The van der Waals surface area contributed by atoms with E-state index < -0.39 is 5.97 Å². The number of carboxylic acids is 1. The Morgan fingerprint density at radius 2 is 2.31 bits per heavy atom. The van der Waals surface area contributed by atoms with E-state index in [-0.39, 0.29) is 5.56 Å². The zero-order valence-electron chi connectivity index (χ0n) is 8.38. The smallest absolute Gasteiger partial charge is 0.340 e. The summed E-state index contributed by atoms with van der Waals surface area (Å²) in [6, 6.07) is 3.72. The molecule has 0 amide bonds. The molecule has 2 aromatic heterocycles. The summed E-state index contributed by atoms with van der Waals surface area (Å²) in [6.07, 6.45) is 3.00. The van der Waals surface area contributed by atoms with Gasteiger partial charge in [-0.25, -0.2) is 14.5 Å². The third-order valence-electron chi connectivity index (χ3n) is 2.06. The van der Waals surface area contributed by atoms with Gasteiger partial charge in [0, 0.05) is 6.20 Å². The first-order valence-corrected chi connectivity index (χ1v) is 5.57. The summed E-state index contributed by atoms with van der Waals surface area (Å²) in [4.78, 5) is 15.0. The fourth-order valence-electron chi connectivity index (χ4n) is 1.27. The average molecular weight is 329 g/mol. The molecule has 0 spiro atoms. The number of aromatic carboxylic acids is 1. The molecule has 5 nitrogen and oxygen atoms in total. The average Bonchev–Trinajstić information content (AvgIpc) is 2.60. The van der Waals surface area contributed by atoms with Crippen molar-refractivity contribution < 1.29 is 9.90 Å². The van der Waals surface area contributed by atoms with Crippen molar-refractivity contribution in [3.63, 3.8) is 0 Å². The number of aromatic nitrogens is 3. The molecule has 1 N–H and O–H groups in total. The van der Waals surface area contributed by atoms with E-state index in [1.54, 1.807) is 6.20 Å². The van der Waals surface area contributed by atoms with E-state index in [9.17, 15) is 4.79 Å². The second kappa shape index (κ2) is 4.20. The van der Waals surface area contributed by atoms with Gasteiger partial charge in [0.1, 0.15) is 9.26 Å². The van der Waals surface area contributed by atoms with E-state index in [1.165, 1.54) is 10.9 Å². The largest absolute Gasteiger partial charge is 0.478 e. The van der Waals surface area contributed by atoms with Gasteiger partial charge in [-0.05, 0) is 47.2 Å². The lowest BCUT2D eigenvalue weighted by Crippen LogP contribution is -2.04. The van der Waals surface area contributed by atoms with Crippen LogP contribution in [0.5, 0.6) is 0 Å². The van der Waals surface area contributed by atoms with Gasteiger partial charge in [0.05, 0.1) is 6.20 Å². The first-order valence-electron chi connectivity index (χ1n) is 4.49. The Morgan fingerprint density at radius 3 is 2.88 bits per heavy atom. The van der Waals surface area contributed by atoms with Crippen LogP contribution < -0.4 is 0 Å². The Balaban J connectivity index is 2.53. The van der Waals surface area contributed by atoms with Gasteiger partial charge in [-0.1, -0.05) is 0 Å². The summed E-state index contributed by atoms with van der Waals surface area (Å²) in [6.45, 7) is 1.94. The number of aryl methyl sites for hydroxylation is 1. The van der Waals surface area contributed by atoms with E-state index in [1.807, 2.05) is 41.6 Å². The SMILES string of the molecule is Cc1ccnc(-n2ncc(C(=O)O)c2I)c1. The van der Waals surface area contributed by atoms with Crippen LogP contribution in [0.25, 0.3) is 5.82 Å². The summed E-state index contributed by atoms with van der Waals surface area (Å²) in [5, 5.41) is 12.9. The quantitative estimate of drug-likeness (QED) is 0.855. The lowest BCUT2D eigenvalue weighted by atomic mass is 10.3. The number of pyridine rings is 1. The number of halogens is 1. The van der Waals surface area contributed by atoms with Gasteiger partial charge < -0.3 is 5.11 Å². The van der Waals surface area contributed by atoms with E-state index in [0.717, 1.165) is 5.56 Å². The number of carboxylic acid groups (broad SMARTS) is 1. The van der Waals surface area contributed by atoms with Crippen molar-refractivity contribution in [3.05, 3.63) is 39.4 Å². The second-order valence-corrected chi connectivity index (χ2v) is 4.28. The zero-order valence-corrected chi connectivity index (χ0v) is 10.5. The van der Waals surface area contributed by atoms with Crippen molar-refractivity contribution in [1.82, 2.24) is 14.8 Å². The highest BCUT2D eigenvalue weighted by atomic mass is 127. The molecule has 0 bridgehead atoms. The highest BCUT2D eigenvalue weighted by molar-refractivity contribution is 14.1. The van der Waals surface area contributed by atoms with Crippen LogP contribution in [0.1, 0.15) is 15.9 Å². The van der Waals surface area contributed by atoms with Crippen LogP contribution in [0.2, 0.25) is 0 Å². The molecule has 0 saturated heterocycles. The Hall–Kier alpha value is -1.44. The van der Waals surface area contributed by atoms with Gasteiger partial charge >= 0.3 is 5.97 Å². The number of rotatable bonds is 2. The molecule has 0 aliphatic carbocycles. The van der Waals surface area contributed by atoms with Gasteiger partial charge in [0.15, 0.2) is 5.82 Å². The van der Waals surface area contributed by atoms with Crippen molar-refractivity contribution in [2.75, 3.05) is 0 Å². The number of carbonyl (C=O) groups is 1. The molecule has 2 aromatic rings. The molecule has 6 heteroatoms. The molecule has 0 saturated carbocycles. The van der Waals surface area contributed by atoms with Gasteiger partial charge in [-0.2, -0.15) is 5.10 Å². The maximum atomic E-state index is 10.9. The van der Waals surface area contributed by atoms with Gasteiger partial charge in [0.25, 0.3) is 0 Å². The van der Waals surface area contributed by atoms with Crippen LogP contribution in [-0.2, 0) is 0 Å². The molecular weight excluding hydrogens is 321 g/mol. The van der Waals surface area contributed by atoms with Crippen LogP contribution in [0.3, 0.4) is 0 Å². The van der Waals surface area contributed by atoms with E-state index >= 15 is 0 Å². The van der Waals surface area contributed by atoms with Crippen molar-refractivity contribution in [3.8, 4) is 5.82 Å². The van der Waals surface area contributed by atoms with Crippen LogP contribution in [0, 0.1) is 10.6 Å². The van der Waals surface area contributed by atoms with Crippen molar-refractivity contribution >= 4 is 28.6 Å². The first-order chi connectivity index (χ1) is 7.59. The van der Waals surface area contributed by atoms with Gasteiger partial charge in [-0.3, -0.25) is 0 Å². The Bertz CT molecular complexity index is 551. The lowest BCUT2D eigenvalue weighted by Gasteiger charge is -2.02. The molecular formula is C10H8IN3O2. The summed E-state index contributed by atoms with van der Waals surface area (Å²) in [7, 11) is 0. The highest BCUT2D eigenvalue weighted by Gasteiger charge is 2.15. The Kier molecular flexibility index (Phi) is 2.90. The molecule has 16 heavy (non-hydrogen) atoms. The highest BCUT2D eigenvalue weighted by Crippen LogP contribution is 2.16. The fraction of sp³-hybridized carbons (Fsp3) is 0.100. The first kappa shape index (κ1) is 11.1. The number of hydrogen-bond donors (Lipinski definition) is 1. The molecule has 82 valence electrons. The van der Waals surface area contributed by atoms with Gasteiger partial charge in [0.2, 0.25) is 0 Å². The van der Waals surface area contributed by atoms with Crippen molar-refractivity contribution in [2.24, 2.45) is 0 Å². The van der Waals surface area contributed by atoms with Gasteiger partial charge in [-0.15, -0.1) is 0 Å². The number of hydrogen-bond acceptors (Lipinski definition) is 3. The predicted octanol–water partition coefficient (Wildman–Crippen LogP) is 1.88. The minimum absolute atomic E-state index is 0.184. The minimum atomic E-state index is -0.983. The minimum Gasteiger partial charge on any atom is -0.478 e. The summed E-state index contributed by atoms with van der Waals surface area (Å²) in [5.41, 5.74) is 1.23. The lowest BCUT2D eigenvalue weighted by molar-refractivity contribution is 0.0695. The topological polar surface area (TPSA) is 68.0 Å². The standard InChI is InChI=1S/C10H8IN3O2/c1-6-2-3-12-8(4-6)14-9(11)7(5-13-14)10(15)16/h2-5H,1H3,(H,15,16). The molecule has 0 radical (unpaired) electrons. The fourth-order valence-corrected chi connectivity index (χ4v) is 2.01. The normalized spacial score (nSPS) is 10.4. The number of nitrogens with zero attached hydrogens (tertiary/aromatic N) is 3. The molecule has 0 unspecified atom stereocenters. The van der Waals surface area contributed by atoms with Crippen LogP contribution in [-0.4, -0.2) is 25.8 Å². The van der Waals surface area contributed by atoms with Crippen molar-refractivity contribution in [1.29, 1.82) is 0 Å². The van der Waals surface area contributed by atoms with Crippen LogP contribution >= 0.6 is 22.6 Å². The molecule has 0 aromatic carbocycles. The third kappa shape index (κ3) is 1.92. The Labute approximate surface area is 105 Å². The second-order valence-electron chi connectivity index (χ2n) is 3.26. The predicted molar refractivity (Wildman–Crippen MR) is 65.8 cm³/mol. The summed E-state index contributed by atoms with van der Waals surface area (Å²) in [5.74, 6) is -0.361. The van der Waals surface area contributed by atoms with E-state index in [2.05, 4.69) is 10.1 Å². The van der Waals surface area contributed by atoms with E-state index in [0.29, 0.717) is 9.52 Å².